The summed E-state index contributed by atoms with van der Waals surface area (Å²) in [5, 5.41) is 27.8. The Morgan fingerprint density at radius 2 is 1.74 bits per heavy atom. The van der Waals surface area contributed by atoms with Crippen molar-refractivity contribution >= 4 is 49.8 Å². The molecule has 3 rings (SSSR count). The zero-order chi connectivity index (χ0) is 19.8. The molecule has 0 heterocycles. The Morgan fingerprint density at radius 3 is 2.41 bits per heavy atom. The number of fused-ring (bicyclic) bond motifs is 1. The minimum Gasteiger partial charge on any atom is -0.505 e. The van der Waals surface area contributed by atoms with E-state index in [1.54, 1.807) is 24.3 Å². The number of aromatic carboxylic acids is 1. The maximum atomic E-state index is 11.4. The lowest BCUT2D eigenvalue weighted by atomic mass is 10.0. The third-order valence-corrected chi connectivity index (χ3v) is 5.11. The first-order valence-electron chi connectivity index (χ1n) is 7.36. The number of benzene rings is 3. The molecule has 0 aliphatic carbocycles. The van der Waals surface area contributed by atoms with Crippen LogP contribution in [0, 0.1) is 0 Å². The molecule has 3 N–H and O–H groups in total. The van der Waals surface area contributed by atoms with Gasteiger partial charge in [0.1, 0.15) is 21.8 Å². The van der Waals surface area contributed by atoms with Crippen LogP contribution in [0.25, 0.3) is 10.8 Å². The van der Waals surface area contributed by atoms with Crippen molar-refractivity contribution in [3.05, 3.63) is 59.1 Å². The molecular weight excluding hydrogens is 396 g/mol. The van der Waals surface area contributed by atoms with Crippen LogP contribution in [0.1, 0.15) is 10.4 Å². The van der Waals surface area contributed by atoms with E-state index < -0.39 is 26.7 Å². The fraction of sp³-hybridized carbons (Fsp3) is 0. The van der Waals surface area contributed by atoms with Crippen LogP contribution in [-0.4, -0.2) is 29.2 Å². The molecule has 3 aromatic carbocycles. The number of phenols is 1. The highest BCUT2D eigenvalue weighted by Gasteiger charge is 2.19. The Bertz CT molecular complexity index is 1210. The van der Waals surface area contributed by atoms with Crippen LogP contribution >= 0.6 is 11.6 Å². The third kappa shape index (κ3) is 3.61. The summed E-state index contributed by atoms with van der Waals surface area (Å²) in [5.41, 5.74) is -0.560. The van der Waals surface area contributed by atoms with E-state index in [1.807, 2.05) is 0 Å². The Morgan fingerprint density at radius 1 is 1.04 bits per heavy atom. The van der Waals surface area contributed by atoms with E-state index in [0.29, 0.717) is 10.8 Å². The monoisotopic (exact) mass is 406 g/mol. The third-order valence-electron chi connectivity index (χ3n) is 3.70. The van der Waals surface area contributed by atoms with Gasteiger partial charge in [-0.15, -0.1) is 10.2 Å². The molecule has 138 valence electrons. The van der Waals surface area contributed by atoms with Crippen LogP contribution in [0.15, 0.2) is 63.7 Å². The van der Waals surface area contributed by atoms with Crippen molar-refractivity contribution in [1.82, 2.24) is 0 Å². The maximum absolute atomic E-state index is 11.4. The second-order valence-electron chi connectivity index (χ2n) is 5.41. The van der Waals surface area contributed by atoms with Crippen LogP contribution in [0.5, 0.6) is 5.75 Å². The van der Waals surface area contributed by atoms with E-state index in [4.69, 9.17) is 11.6 Å². The number of carbonyl (C=O) groups is 1. The van der Waals surface area contributed by atoms with Crippen molar-refractivity contribution in [3.8, 4) is 5.75 Å². The van der Waals surface area contributed by atoms with E-state index in [1.165, 1.54) is 18.2 Å². The SMILES string of the molecule is O=C(O)c1cc2ccccc2c(N=Nc2cccc(S(=O)(=O)O)c2Cl)c1O. The second kappa shape index (κ2) is 6.95. The Hall–Kier alpha value is -3.01. The molecular formula is C17H11ClN2O6S. The van der Waals surface area contributed by atoms with Gasteiger partial charge in [-0.2, -0.15) is 8.42 Å². The highest BCUT2D eigenvalue weighted by atomic mass is 35.5. The zero-order valence-corrected chi connectivity index (χ0v) is 14.9. The summed E-state index contributed by atoms with van der Waals surface area (Å²) in [6.45, 7) is 0. The van der Waals surface area contributed by atoms with Gasteiger partial charge < -0.3 is 10.2 Å². The normalized spacial score (nSPS) is 11.9. The van der Waals surface area contributed by atoms with E-state index in [0.717, 1.165) is 6.07 Å². The summed E-state index contributed by atoms with van der Waals surface area (Å²) < 4.78 is 31.8. The number of carboxylic acids is 1. The summed E-state index contributed by atoms with van der Waals surface area (Å²) in [6, 6.07) is 11.7. The molecule has 0 radical (unpaired) electrons. The van der Waals surface area contributed by atoms with E-state index >= 15 is 0 Å². The van der Waals surface area contributed by atoms with Crippen LogP contribution in [-0.2, 0) is 10.1 Å². The molecule has 0 aliphatic rings. The average molecular weight is 407 g/mol. The van der Waals surface area contributed by atoms with Gasteiger partial charge in [-0.25, -0.2) is 4.79 Å². The van der Waals surface area contributed by atoms with Gasteiger partial charge in [-0.3, -0.25) is 4.55 Å². The fourth-order valence-corrected chi connectivity index (χ4v) is 3.50. The molecule has 0 aromatic heterocycles. The predicted molar refractivity (Wildman–Crippen MR) is 98.0 cm³/mol. The standard InChI is InChI=1S/C17H11ClN2O6S/c18-14-12(6-3-7-13(14)27(24,25)26)19-20-15-10-5-2-1-4-9(10)8-11(16(15)21)17(22)23/h1-8,21H,(H,22,23)(H,24,25,26). The van der Waals surface area contributed by atoms with Gasteiger partial charge in [0.15, 0.2) is 5.75 Å². The highest BCUT2D eigenvalue weighted by Crippen LogP contribution is 2.40. The Kier molecular flexibility index (Phi) is 4.83. The minimum absolute atomic E-state index is 0.0870. The number of halogens is 1. The first-order chi connectivity index (χ1) is 12.7. The van der Waals surface area contributed by atoms with Gasteiger partial charge in [-0.1, -0.05) is 41.9 Å². The van der Waals surface area contributed by atoms with Crippen LogP contribution in [0.3, 0.4) is 0 Å². The second-order valence-corrected chi connectivity index (χ2v) is 7.18. The molecule has 3 aromatic rings. The summed E-state index contributed by atoms with van der Waals surface area (Å²) in [6.07, 6.45) is 0. The van der Waals surface area contributed by atoms with E-state index in [9.17, 15) is 28.0 Å². The average Bonchev–Trinajstić information content (AvgIpc) is 2.60. The largest absolute Gasteiger partial charge is 0.505 e. The molecule has 0 amide bonds. The number of rotatable bonds is 4. The van der Waals surface area contributed by atoms with Crippen molar-refractivity contribution in [1.29, 1.82) is 0 Å². The lowest BCUT2D eigenvalue weighted by molar-refractivity contribution is 0.0694. The quantitative estimate of drug-likeness (QED) is 0.429. The van der Waals surface area contributed by atoms with Crippen LogP contribution in [0.2, 0.25) is 5.02 Å². The summed E-state index contributed by atoms with van der Waals surface area (Å²) in [5.74, 6) is -1.94. The van der Waals surface area contributed by atoms with Gasteiger partial charge in [0.05, 0.1) is 5.02 Å². The predicted octanol–water partition coefficient (Wildman–Crippen LogP) is 4.56. The van der Waals surface area contributed by atoms with Crippen molar-refractivity contribution < 1.29 is 28.0 Å². The maximum Gasteiger partial charge on any atom is 0.339 e. The number of carboxylic acid groups (broad SMARTS) is 1. The van der Waals surface area contributed by atoms with Gasteiger partial charge in [0, 0.05) is 5.39 Å². The molecule has 0 saturated carbocycles. The number of nitrogens with zero attached hydrogens (tertiary/aromatic N) is 2. The summed E-state index contributed by atoms with van der Waals surface area (Å²) in [7, 11) is -4.56. The van der Waals surface area contributed by atoms with Crippen molar-refractivity contribution in [2.24, 2.45) is 10.2 Å². The van der Waals surface area contributed by atoms with Gasteiger partial charge >= 0.3 is 5.97 Å². The first kappa shape index (κ1) is 18.8. The molecule has 0 spiro atoms. The summed E-state index contributed by atoms with van der Waals surface area (Å²) in [4.78, 5) is 10.8. The molecule has 0 atom stereocenters. The smallest absolute Gasteiger partial charge is 0.339 e. The van der Waals surface area contributed by atoms with Crippen molar-refractivity contribution in [3.63, 3.8) is 0 Å². The number of aromatic hydroxyl groups is 1. The van der Waals surface area contributed by atoms with Gasteiger partial charge in [0.25, 0.3) is 10.1 Å². The zero-order valence-electron chi connectivity index (χ0n) is 13.4. The fourth-order valence-electron chi connectivity index (χ4n) is 2.46. The lowest BCUT2D eigenvalue weighted by Gasteiger charge is -2.08. The molecule has 0 saturated heterocycles. The molecule has 27 heavy (non-hydrogen) atoms. The number of azo groups is 1. The first-order valence-corrected chi connectivity index (χ1v) is 9.17. The van der Waals surface area contributed by atoms with Crippen molar-refractivity contribution in [2.45, 2.75) is 4.90 Å². The number of hydrogen-bond acceptors (Lipinski definition) is 6. The molecule has 0 unspecified atom stereocenters. The molecule has 0 bridgehead atoms. The highest BCUT2D eigenvalue weighted by molar-refractivity contribution is 7.86. The lowest BCUT2D eigenvalue weighted by Crippen LogP contribution is -1.98. The topological polar surface area (TPSA) is 137 Å². The van der Waals surface area contributed by atoms with Crippen LogP contribution < -0.4 is 0 Å². The van der Waals surface area contributed by atoms with Gasteiger partial charge in [-0.05, 0) is 23.6 Å². The minimum atomic E-state index is -4.56. The van der Waals surface area contributed by atoms with Crippen molar-refractivity contribution in [2.75, 3.05) is 0 Å². The molecule has 10 heteroatoms. The molecule has 0 fully saturated rings. The van der Waals surface area contributed by atoms with Crippen LogP contribution in [0.4, 0.5) is 11.4 Å². The summed E-state index contributed by atoms with van der Waals surface area (Å²) >= 11 is 5.95. The van der Waals surface area contributed by atoms with E-state index in [2.05, 4.69) is 10.2 Å². The number of hydrogen-bond donors (Lipinski definition) is 3. The Balaban J connectivity index is 2.21. The van der Waals surface area contributed by atoms with E-state index in [-0.39, 0.29) is 22.0 Å². The Labute approximate surface area is 158 Å². The van der Waals surface area contributed by atoms with Gasteiger partial charge in [0.2, 0.25) is 0 Å². The molecule has 8 nitrogen and oxygen atoms in total. The molecule has 0 aliphatic heterocycles.